The molecular weight excluding hydrogens is 228 g/mol. The second kappa shape index (κ2) is 4.84. The molecule has 1 rings (SSSR count). The Labute approximate surface area is 98.5 Å². The summed E-state index contributed by atoms with van der Waals surface area (Å²) in [4.78, 5) is 10.9. The zero-order chi connectivity index (χ0) is 12.3. The van der Waals surface area contributed by atoms with Crippen LogP contribution in [0.15, 0.2) is 11.4 Å². The van der Waals surface area contributed by atoms with E-state index in [2.05, 4.69) is 0 Å². The third kappa shape index (κ3) is 3.21. The first kappa shape index (κ1) is 13.0. The zero-order valence-corrected chi connectivity index (χ0v) is 10.4. The van der Waals surface area contributed by atoms with Crippen LogP contribution in [0.3, 0.4) is 0 Å². The van der Waals surface area contributed by atoms with Crippen LogP contribution >= 0.6 is 11.3 Å². The Morgan fingerprint density at radius 3 is 2.69 bits per heavy atom. The minimum Gasteiger partial charge on any atom is -0.490 e. The predicted molar refractivity (Wildman–Crippen MR) is 62.2 cm³/mol. The summed E-state index contributed by atoms with van der Waals surface area (Å²) in [6.07, 6.45) is 0. The molecule has 4 nitrogen and oxygen atoms in total. The minimum atomic E-state index is -0.963. The van der Waals surface area contributed by atoms with Crippen LogP contribution in [0.4, 0.5) is 0 Å². The molecular formula is C11H16O4S. The molecule has 0 saturated heterocycles. The van der Waals surface area contributed by atoms with Crippen LogP contribution in [0.5, 0.6) is 5.75 Å². The van der Waals surface area contributed by atoms with E-state index in [4.69, 9.17) is 9.84 Å². The average molecular weight is 244 g/mol. The highest BCUT2D eigenvalue weighted by atomic mass is 32.1. The fourth-order valence-electron chi connectivity index (χ4n) is 0.903. The van der Waals surface area contributed by atoms with Crippen LogP contribution in [-0.4, -0.2) is 28.4 Å². The Morgan fingerprint density at radius 2 is 2.25 bits per heavy atom. The van der Waals surface area contributed by atoms with Gasteiger partial charge in [0, 0.05) is 11.4 Å². The fraction of sp³-hybridized carbons (Fsp3) is 0.545. The number of carbonyl (C=O) groups is 1. The molecule has 0 saturated carbocycles. The minimum absolute atomic E-state index is 0.0741. The van der Waals surface area contributed by atoms with E-state index in [1.165, 1.54) is 6.07 Å². The van der Waals surface area contributed by atoms with Gasteiger partial charge in [-0.3, -0.25) is 0 Å². The summed E-state index contributed by atoms with van der Waals surface area (Å²) in [7, 11) is 0. The number of aromatic carboxylic acids is 1. The Morgan fingerprint density at radius 1 is 1.62 bits per heavy atom. The van der Waals surface area contributed by atoms with Gasteiger partial charge in [-0.1, -0.05) is 13.8 Å². The van der Waals surface area contributed by atoms with Crippen molar-refractivity contribution in [1.29, 1.82) is 0 Å². The maximum Gasteiger partial charge on any atom is 0.346 e. The van der Waals surface area contributed by atoms with Gasteiger partial charge in [0.25, 0.3) is 0 Å². The van der Waals surface area contributed by atoms with E-state index in [0.29, 0.717) is 5.75 Å². The monoisotopic (exact) mass is 244 g/mol. The van der Waals surface area contributed by atoms with Crippen molar-refractivity contribution >= 4 is 17.3 Å². The molecule has 0 bridgehead atoms. The van der Waals surface area contributed by atoms with E-state index in [1.807, 2.05) is 13.8 Å². The molecule has 1 unspecified atom stereocenters. The summed E-state index contributed by atoms with van der Waals surface area (Å²) in [5, 5.41) is 20.3. The lowest BCUT2D eigenvalue weighted by Crippen LogP contribution is -2.37. The molecule has 0 aliphatic heterocycles. The van der Waals surface area contributed by atoms with Crippen molar-refractivity contribution < 1.29 is 19.7 Å². The molecule has 0 radical (unpaired) electrons. The number of aliphatic hydroxyl groups is 1. The van der Waals surface area contributed by atoms with Crippen molar-refractivity contribution in [3.8, 4) is 5.75 Å². The summed E-state index contributed by atoms with van der Waals surface area (Å²) < 4.78 is 5.36. The summed E-state index contributed by atoms with van der Waals surface area (Å²) >= 11 is 1.11. The van der Waals surface area contributed by atoms with Crippen molar-refractivity contribution in [2.45, 2.75) is 26.4 Å². The van der Waals surface area contributed by atoms with Crippen LogP contribution in [0.25, 0.3) is 0 Å². The van der Waals surface area contributed by atoms with Crippen LogP contribution in [0.1, 0.15) is 30.4 Å². The molecule has 5 heteroatoms. The number of rotatable bonds is 5. The third-order valence-corrected chi connectivity index (χ3v) is 3.46. The van der Waals surface area contributed by atoms with E-state index in [0.717, 1.165) is 11.3 Å². The first-order chi connectivity index (χ1) is 7.33. The Bertz CT molecular complexity index is 368. The fourth-order valence-corrected chi connectivity index (χ4v) is 1.57. The molecule has 0 aliphatic carbocycles. The number of ether oxygens (including phenoxy) is 1. The third-order valence-electron chi connectivity index (χ3n) is 2.56. The molecule has 0 aliphatic rings. The first-order valence-electron chi connectivity index (χ1n) is 5.00. The van der Waals surface area contributed by atoms with E-state index >= 15 is 0 Å². The smallest absolute Gasteiger partial charge is 0.346 e. The van der Waals surface area contributed by atoms with Crippen LogP contribution in [0, 0.1) is 5.92 Å². The second-order valence-corrected chi connectivity index (χ2v) is 5.16. The molecule has 0 aromatic carbocycles. The summed E-state index contributed by atoms with van der Waals surface area (Å²) in [6, 6.07) is 1.46. The number of carboxylic acids is 1. The molecule has 1 atom stereocenters. The highest BCUT2D eigenvalue weighted by Gasteiger charge is 2.26. The van der Waals surface area contributed by atoms with Gasteiger partial charge in [-0.2, -0.15) is 0 Å². The number of hydrogen-bond donors (Lipinski definition) is 2. The summed E-state index contributed by atoms with van der Waals surface area (Å²) in [5.41, 5.74) is -0.911. The SMILES string of the molecule is CC(C)C(C)(O)COc1csc(C(=O)O)c1. The van der Waals surface area contributed by atoms with Crippen LogP contribution < -0.4 is 4.74 Å². The van der Waals surface area contributed by atoms with Crippen molar-refractivity contribution in [1.82, 2.24) is 0 Å². The van der Waals surface area contributed by atoms with Gasteiger partial charge in [-0.15, -0.1) is 11.3 Å². The van der Waals surface area contributed by atoms with E-state index < -0.39 is 11.6 Å². The lowest BCUT2D eigenvalue weighted by Gasteiger charge is -2.27. The van der Waals surface area contributed by atoms with Gasteiger partial charge in [0.05, 0.1) is 5.60 Å². The molecule has 1 aromatic heterocycles. The molecule has 1 aromatic rings. The van der Waals surface area contributed by atoms with Gasteiger partial charge in [0.15, 0.2) is 0 Å². The highest BCUT2D eigenvalue weighted by Crippen LogP contribution is 2.24. The quantitative estimate of drug-likeness (QED) is 0.833. The average Bonchev–Trinajstić information content (AvgIpc) is 2.63. The Hall–Kier alpha value is -1.07. The summed E-state index contributed by atoms with van der Waals surface area (Å²) in [6.45, 7) is 5.65. The van der Waals surface area contributed by atoms with Crippen molar-refractivity contribution in [2.75, 3.05) is 6.61 Å². The Kier molecular flexibility index (Phi) is 3.93. The largest absolute Gasteiger partial charge is 0.490 e. The van der Waals surface area contributed by atoms with E-state index in [9.17, 15) is 9.90 Å². The lowest BCUT2D eigenvalue weighted by atomic mass is 9.94. The first-order valence-corrected chi connectivity index (χ1v) is 5.88. The van der Waals surface area contributed by atoms with Gasteiger partial charge in [0.1, 0.15) is 17.2 Å². The summed E-state index contributed by atoms with van der Waals surface area (Å²) in [5.74, 6) is -0.399. The van der Waals surface area contributed by atoms with Crippen LogP contribution in [0.2, 0.25) is 0 Å². The van der Waals surface area contributed by atoms with Crippen molar-refractivity contribution in [2.24, 2.45) is 5.92 Å². The molecule has 16 heavy (non-hydrogen) atoms. The van der Waals surface area contributed by atoms with Crippen molar-refractivity contribution in [3.05, 3.63) is 16.3 Å². The number of hydrogen-bond acceptors (Lipinski definition) is 4. The van der Waals surface area contributed by atoms with E-state index in [1.54, 1.807) is 12.3 Å². The standard InChI is InChI=1S/C11H16O4S/c1-7(2)11(3,14)6-15-8-4-9(10(12)13)16-5-8/h4-5,7,14H,6H2,1-3H3,(H,12,13). The molecule has 90 valence electrons. The molecule has 0 amide bonds. The zero-order valence-electron chi connectivity index (χ0n) is 9.56. The van der Waals surface area contributed by atoms with Gasteiger partial charge >= 0.3 is 5.97 Å². The van der Waals surface area contributed by atoms with Gasteiger partial charge in [-0.05, 0) is 12.8 Å². The van der Waals surface area contributed by atoms with Crippen LogP contribution in [-0.2, 0) is 0 Å². The number of thiophene rings is 1. The second-order valence-electron chi connectivity index (χ2n) is 4.25. The maximum atomic E-state index is 10.6. The lowest BCUT2D eigenvalue weighted by molar-refractivity contribution is -0.0265. The topological polar surface area (TPSA) is 66.8 Å². The highest BCUT2D eigenvalue weighted by molar-refractivity contribution is 7.12. The van der Waals surface area contributed by atoms with Gasteiger partial charge in [-0.25, -0.2) is 4.79 Å². The van der Waals surface area contributed by atoms with E-state index in [-0.39, 0.29) is 17.4 Å². The molecule has 1 heterocycles. The molecule has 0 fully saturated rings. The molecule has 2 N–H and O–H groups in total. The maximum absolute atomic E-state index is 10.6. The van der Waals surface area contributed by atoms with Crippen molar-refractivity contribution in [3.63, 3.8) is 0 Å². The number of carboxylic acid groups (broad SMARTS) is 1. The van der Waals surface area contributed by atoms with Gasteiger partial charge < -0.3 is 14.9 Å². The Balaban J connectivity index is 2.58. The van der Waals surface area contributed by atoms with Gasteiger partial charge in [0.2, 0.25) is 0 Å². The molecule has 0 spiro atoms. The normalized spacial score (nSPS) is 14.8. The predicted octanol–water partition coefficient (Wildman–Crippen LogP) is 2.23.